The standard InChI is InChI=1S/C17H21N3O/c1-19(2)14-9-7-13(8-10-14)12-15-17(21)18-16-6-4-3-5-11-20(15)16/h7-10,12H,3-6,11H2,1-2H3/b15-12-. The molecule has 0 atom stereocenters. The molecule has 2 heterocycles. The molecule has 0 spiro atoms. The van der Waals surface area contributed by atoms with Crippen LogP contribution in [0.2, 0.25) is 0 Å². The van der Waals surface area contributed by atoms with Gasteiger partial charge < -0.3 is 9.80 Å². The first-order valence-electron chi connectivity index (χ1n) is 7.54. The quantitative estimate of drug-likeness (QED) is 0.783. The third kappa shape index (κ3) is 2.84. The minimum Gasteiger partial charge on any atom is -0.378 e. The molecular weight excluding hydrogens is 262 g/mol. The topological polar surface area (TPSA) is 35.9 Å². The van der Waals surface area contributed by atoms with Crippen molar-refractivity contribution in [1.82, 2.24) is 4.90 Å². The van der Waals surface area contributed by atoms with Crippen molar-refractivity contribution in [3.63, 3.8) is 0 Å². The van der Waals surface area contributed by atoms with E-state index in [4.69, 9.17) is 0 Å². The van der Waals surface area contributed by atoms with Crippen molar-refractivity contribution in [3.8, 4) is 0 Å². The molecule has 2 aliphatic rings. The number of carbonyl (C=O) groups excluding carboxylic acids is 1. The Labute approximate surface area is 125 Å². The third-order valence-electron chi connectivity index (χ3n) is 4.05. The summed E-state index contributed by atoms with van der Waals surface area (Å²) in [7, 11) is 4.04. The Hall–Kier alpha value is -2.10. The lowest BCUT2D eigenvalue weighted by molar-refractivity contribution is -0.114. The van der Waals surface area contributed by atoms with Crippen molar-refractivity contribution in [1.29, 1.82) is 0 Å². The monoisotopic (exact) mass is 283 g/mol. The molecule has 0 N–H and O–H groups in total. The van der Waals surface area contributed by atoms with E-state index < -0.39 is 0 Å². The fourth-order valence-corrected chi connectivity index (χ4v) is 2.83. The van der Waals surface area contributed by atoms with E-state index in [0.717, 1.165) is 48.6 Å². The van der Waals surface area contributed by atoms with Crippen LogP contribution in [0.3, 0.4) is 0 Å². The molecule has 1 fully saturated rings. The normalized spacial score (nSPS) is 20.3. The molecule has 21 heavy (non-hydrogen) atoms. The Balaban J connectivity index is 1.86. The molecule has 110 valence electrons. The smallest absolute Gasteiger partial charge is 0.295 e. The average molecular weight is 283 g/mol. The van der Waals surface area contributed by atoms with Crippen molar-refractivity contribution in [2.75, 3.05) is 25.5 Å². The summed E-state index contributed by atoms with van der Waals surface area (Å²) in [4.78, 5) is 20.5. The number of amidine groups is 1. The van der Waals surface area contributed by atoms with Gasteiger partial charge in [-0.25, -0.2) is 0 Å². The number of aliphatic imine (C=N–C) groups is 1. The third-order valence-corrected chi connectivity index (χ3v) is 4.05. The highest BCUT2D eigenvalue weighted by atomic mass is 16.2. The van der Waals surface area contributed by atoms with Crippen molar-refractivity contribution in [2.24, 2.45) is 4.99 Å². The van der Waals surface area contributed by atoms with Crippen molar-refractivity contribution >= 4 is 23.5 Å². The summed E-state index contributed by atoms with van der Waals surface area (Å²) in [5, 5.41) is 0. The highest BCUT2D eigenvalue weighted by molar-refractivity contribution is 6.13. The predicted molar refractivity (Wildman–Crippen MR) is 86.4 cm³/mol. The van der Waals surface area contributed by atoms with Crippen LogP contribution < -0.4 is 4.90 Å². The SMILES string of the molecule is CN(C)c1ccc(/C=C2/C(=O)N=C3CCCCCN32)cc1. The number of amides is 1. The molecule has 4 heteroatoms. The Morgan fingerprint density at radius 3 is 2.62 bits per heavy atom. The minimum absolute atomic E-state index is 0.0939. The summed E-state index contributed by atoms with van der Waals surface area (Å²) >= 11 is 0. The Kier molecular flexibility index (Phi) is 3.78. The van der Waals surface area contributed by atoms with Gasteiger partial charge in [-0.3, -0.25) is 4.79 Å². The zero-order valence-corrected chi connectivity index (χ0v) is 12.7. The number of carbonyl (C=O) groups is 1. The van der Waals surface area contributed by atoms with Crippen LogP contribution in [0.1, 0.15) is 31.2 Å². The van der Waals surface area contributed by atoms with Crippen LogP contribution >= 0.6 is 0 Å². The molecule has 1 aromatic rings. The fraction of sp³-hybridized carbons (Fsp3) is 0.412. The van der Waals surface area contributed by atoms with Gasteiger partial charge in [-0.05, 0) is 36.6 Å². The molecule has 3 rings (SSSR count). The van der Waals surface area contributed by atoms with E-state index in [1.165, 1.54) is 6.42 Å². The van der Waals surface area contributed by atoms with Gasteiger partial charge in [0.05, 0.1) is 0 Å². The lowest BCUT2D eigenvalue weighted by atomic mass is 10.1. The maximum atomic E-state index is 12.1. The predicted octanol–water partition coefficient (Wildman–Crippen LogP) is 2.91. The molecule has 0 radical (unpaired) electrons. The highest BCUT2D eigenvalue weighted by Crippen LogP contribution is 2.25. The van der Waals surface area contributed by atoms with Gasteiger partial charge in [-0.2, -0.15) is 4.99 Å². The number of benzene rings is 1. The highest BCUT2D eigenvalue weighted by Gasteiger charge is 2.29. The summed E-state index contributed by atoms with van der Waals surface area (Å²) in [6, 6.07) is 8.23. The number of nitrogens with zero attached hydrogens (tertiary/aromatic N) is 3. The van der Waals surface area contributed by atoms with E-state index in [1.54, 1.807) is 0 Å². The summed E-state index contributed by atoms with van der Waals surface area (Å²) in [5.41, 5.74) is 2.93. The van der Waals surface area contributed by atoms with E-state index in [0.29, 0.717) is 0 Å². The number of anilines is 1. The van der Waals surface area contributed by atoms with Crippen LogP contribution in [-0.4, -0.2) is 37.3 Å². The molecule has 0 aliphatic carbocycles. The number of hydrogen-bond donors (Lipinski definition) is 0. The Bertz CT molecular complexity index is 599. The van der Waals surface area contributed by atoms with Gasteiger partial charge in [-0.15, -0.1) is 0 Å². The number of hydrogen-bond acceptors (Lipinski definition) is 3. The van der Waals surface area contributed by atoms with Gasteiger partial charge in [0.2, 0.25) is 0 Å². The van der Waals surface area contributed by atoms with E-state index in [-0.39, 0.29) is 5.91 Å². The summed E-state index contributed by atoms with van der Waals surface area (Å²) < 4.78 is 0. The minimum atomic E-state index is -0.0939. The lowest BCUT2D eigenvalue weighted by Gasteiger charge is -2.18. The second-order valence-electron chi connectivity index (χ2n) is 5.81. The molecule has 0 unspecified atom stereocenters. The van der Waals surface area contributed by atoms with Crippen LogP contribution in [0.15, 0.2) is 35.0 Å². The zero-order valence-electron chi connectivity index (χ0n) is 12.7. The number of rotatable bonds is 2. The molecule has 1 saturated heterocycles. The van der Waals surface area contributed by atoms with E-state index in [1.807, 2.05) is 32.3 Å². The second-order valence-corrected chi connectivity index (χ2v) is 5.81. The molecule has 0 saturated carbocycles. The second kappa shape index (κ2) is 5.72. The Morgan fingerprint density at radius 1 is 1.14 bits per heavy atom. The van der Waals surface area contributed by atoms with Crippen LogP contribution in [-0.2, 0) is 4.79 Å². The average Bonchev–Trinajstić information content (AvgIpc) is 2.65. The molecule has 1 aromatic carbocycles. The first-order chi connectivity index (χ1) is 10.1. The maximum absolute atomic E-state index is 12.1. The lowest BCUT2D eigenvalue weighted by Crippen LogP contribution is -2.26. The van der Waals surface area contributed by atoms with Gasteiger partial charge in [0.25, 0.3) is 5.91 Å². The largest absolute Gasteiger partial charge is 0.378 e. The number of fused-ring (bicyclic) bond motifs is 1. The van der Waals surface area contributed by atoms with Crippen molar-refractivity contribution in [3.05, 3.63) is 35.5 Å². The van der Waals surface area contributed by atoms with Crippen LogP contribution in [0.4, 0.5) is 5.69 Å². The van der Waals surface area contributed by atoms with Gasteiger partial charge in [-0.1, -0.05) is 18.6 Å². The van der Waals surface area contributed by atoms with Gasteiger partial charge in [0, 0.05) is 32.7 Å². The van der Waals surface area contributed by atoms with Crippen LogP contribution in [0.5, 0.6) is 0 Å². The first-order valence-corrected chi connectivity index (χ1v) is 7.54. The molecule has 1 amide bonds. The van der Waals surface area contributed by atoms with Gasteiger partial charge in [0.1, 0.15) is 11.5 Å². The van der Waals surface area contributed by atoms with E-state index in [9.17, 15) is 4.79 Å². The summed E-state index contributed by atoms with van der Waals surface area (Å²) in [6.07, 6.45) is 6.36. The first kappa shape index (κ1) is 13.9. The van der Waals surface area contributed by atoms with Crippen LogP contribution in [0.25, 0.3) is 6.08 Å². The molecular formula is C17H21N3O. The van der Waals surface area contributed by atoms with Crippen molar-refractivity contribution < 1.29 is 4.79 Å². The van der Waals surface area contributed by atoms with Gasteiger partial charge in [0.15, 0.2) is 0 Å². The Morgan fingerprint density at radius 2 is 1.90 bits per heavy atom. The molecule has 0 bridgehead atoms. The van der Waals surface area contributed by atoms with E-state index in [2.05, 4.69) is 26.9 Å². The molecule has 4 nitrogen and oxygen atoms in total. The van der Waals surface area contributed by atoms with Gasteiger partial charge >= 0.3 is 0 Å². The maximum Gasteiger partial charge on any atom is 0.295 e. The molecule has 2 aliphatic heterocycles. The fourth-order valence-electron chi connectivity index (χ4n) is 2.83. The van der Waals surface area contributed by atoms with Crippen molar-refractivity contribution in [2.45, 2.75) is 25.7 Å². The van der Waals surface area contributed by atoms with E-state index >= 15 is 0 Å². The summed E-state index contributed by atoms with van der Waals surface area (Å²) in [5.74, 6) is 0.859. The van der Waals surface area contributed by atoms with Crippen LogP contribution in [0, 0.1) is 0 Å². The summed E-state index contributed by atoms with van der Waals surface area (Å²) in [6.45, 7) is 0.909. The molecule has 0 aromatic heterocycles. The zero-order chi connectivity index (χ0) is 14.8.